The summed E-state index contributed by atoms with van der Waals surface area (Å²) in [7, 11) is 0. The molecule has 92 valence electrons. The van der Waals surface area contributed by atoms with Crippen molar-refractivity contribution in [1.29, 1.82) is 0 Å². The van der Waals surface area contributed by atoms with Gasteiger partial charge in [-0.05, 0) is 28.8 Å². The van der Waals surface area contributed by atoms with Gasteiger partial charge in [-0.3, -0.25) is 5.84 Å². The number of aromatic nitrogens is 2. The number of aromatic amines is 1. The maximum atomic E-state index is 5.62. The first-order valence-corrected chi connectivity index (χ1v) is 6.67. The van der Waals surface area contributed by atoms with Crippen molar-refractivity contribution >= 4 is 21.4 Å². The number of nitrogens with zero attached hydrogens (tertiary/aromatic N) is 1. The lowest BCUT2D eigenvalue weighted by Gasteiger charge is -2.12. The van der Waals surface area contributed by atoms with Crippen molar-refractivity contribution in [2.45, 2.75) is 12.5 Å². The second-order valence-electron chi connectivity index (χ2n) is 4.15. The molecule has 3 aromatic rings. The van der Waals surface area contributed by atoms with E-state index in [0.29, 0.717) is 0 Å². The molecule has 5 heteroatoms. The van der Waals surface area contributed by atoms with Crippen LogP contribution in [-0.4, -0.2) is 9.97 Å². The standard InChI is InChI=1S/C13H14N4S/c14-17-11(13-15-5-6-16-13)7-9-8-18-12-4-2-1-3-10(9)12/h1-6,8,11,17H,7,14H2,(H,15,16). The van der Waals surface area contributed by atoms with Crippen molar-refractivity contribution < 1.29 is 0 Å². The quantitative estimate of drug-likeness (QED) is 0.497. The third kappa shape index (κ3) is 2.03. The van der Waals surface area contributed by atoms with E-state index in [4.69, 9.17) is 5.84 Å². The van der Waals surface area contributed by atoms with E-state index in [1.807, 2.05) is 6.20 Å². The summed E-state index contributed by atoms with van der Waals surface area (Å²) >= 11 is 1.76. The van der Waals surface area contributed by atoms with Crippen LogP contribution in [0.5, 0.6) is 0 Å². The van der Waals surface area contributed by atoms with E-state index in [0.717, 1.165) is 12.2 Å². The molecule has 1 aromatic carbocycles. The minimum Gasteiger partial charge on any atom is -0.347 e. The molecule has 0 saturated carbocycles. The number of nitrogens with one attached hydrogen (secondary N) is 2. The molecule has 2 aromatic heterocycles. The number of hydrogen-bond donors (Lipinski definition) is 3. The zero-order valence-corrected chi connectivity index (χ0v) is 10.6. The first-order valence-electron chi connectivity index (χ1n) is 5.79. The molecule has 0 aliphatic carbocycles. The highest BCUT2D eigenvalue weighted by atomic mass is 32.1. The summed E-state index contributed by atoms with van der Waals surface area (Å²) < 4.78 is 1.31. The molecule has 1 unspecified atom stereocenters. The molecule has 0 bridgehead atoms. The van der Waals surface area contributed by atoms with E-state index in [1.165, 1.54) is 15.6 Å². The molecule has 0 aliphatic rings. The van der Waals surface area contributed by atoms with Crippen LogP contribution >= 0.6 is 11.3 Å². The molecule has 0 saturated heterocycles. The highest BCUT2D eigenvalue weighted by molar-refractivity contribution is 7.17. The second kappa shape index (κ2) is 4.89. The SMILES string of the molecule is NNC(Cc1csc2ccccc12)c1ncc[nH]1. The average molecular weight is 258 g/mol. The Bertz CT molecular complexity index is 629. The minimum absolute atomic E-state index is 0.0120. The predicted molar refractivity (Wildman–Crippen MR) is 74.2 cm³/mol. The Kier molecular flexibility index (Phi) is 3.10. The third-order valence-electron chi connectivity index (χ3n) is 3.04. The number of nitrogens with two attached hydrogens (primary N) is 1. The Labute approximate surface area is 109 Å². The van der Waals surface area contributed by atoms with Crippen LogP contribution in [-0.2, 0) is 6.42 Å². The lowest BCUT2D eigenvalue weighted by molar-refractivity contribution is 0.529. The van der Waals surface area contributed by atoms with Crippen molar-refractivity contribution in [2.75, 3.05) is 0 Å². The van der Waals surface area contributed by atoms with E-state index in [-0.39, 0.29) is 6.04 Å². The summed E-state index contributed by atoms with van der Waals surface area (Å²) in [5, 5.41) is 3.49. The molecule has 18 heavy (non-hydrogen) atoms. The fraction of sp³-hybridized carbons (Fsp3) is 0.154. The van der Waals surface area contributed by atoms with Gasteiger partial charge in [-0.15, -0.1) is 11.3 Å². The average Bonchev–Trinajstić information content (AvgIpc) is 3.06. The minimum atomic E-state index is 0.0120. The van der Waals surface area contributed by atoms with Gasteiger partial charge in [0.25, 0.3) is 0 Å². The Morgan fingerprint density at radius 3 is 3.06 bits per heavy atom. The number of thiophene rings is 1. The largest absolute Gasteiger partial charge is 0.347 e. The van der Waals surface area contributed by atoms with Crippen LogP contribution in [0, 0.1) is 0 Å². The van der Waals surface area contributed by atoms with E-state index in [9.17, 15) is 0 Å². The first kappa shape index (κ1) is 11.4. The smallest absolute Gasteiger partial charge is 0.124 e. The lowest BCUT2D eigenvalue weighted by atomic mass is 10.1. The second-order valence-corrected chi connectivity index (χ2v) is 5.07. The number of H-pyrrole nitrogens is 1. The number of hydrazine groups is 1. The molecular weight excluding hydrogens is 244 g/mol. The molecule has 0 fully saturated rings. The monoisotopic (exact) mass is 258 g/mol. The summed E-state index contributed by atoms with van der Waals surface area (Å²) in [5.41, 5.74) is 4.12. The normalized spacial score (nSPS) is 12.9. The van der Waals surface area contributed by atoms with Crippen molar-refractivity contribution in [2.24, 2.45) is 5.84 Å². The van der Waals surface area contributed by atoms with Gasteiger partial charge in [-0.1, -0.05) is 18.2 Å². The number of imidazole rings is 1. The molecule has 2 heterocycles. The maximum absolute atomic E-state index is 5.62. The molecule has 4 nitrogen and oxygen atoms in total. The number of fused-ring (bicyclic) bond motifs is 1. The Morgan fingerprint density at radius 1 is 1.39 bits per heavy atom. The van der Waals surface area contributed by atoms with Gasteiger partial charge in [0.2, 0.25) is 0 Å². The van der Waals surface area contributed by atoms with Crippen LogP contribution in [0.15, 0.2) is 42.0 Å². The van der Waals surface area contributed by atoms with Gasteiger partial charge >= 0.3 is 0 Å². The fourth-order valence-electron chi connectivity index (χ4n) is 2.11. The summed E-state index contributed by atoms with van der Waals surface area (Å²) in [5.74, 6) is 6.49. The number of benzene rings is 1. The van der Waals surface area contributed by atoms with Crippen molar-refractivity contribution in [3.63, 3.8) is 0 Å². The van der Waals surface area contributed by atoms with Crippen LogP contribution in [0.4, 0.5) is 0 Å². The summed E-state index contributed by atoms with van der Waals surface area (Å²) in [6, 6.07) is 8.43. The number of rotatable bonds is 4. The van der Waals surface area contributed by atoms with Crippen molar-refractivity contribution in [3.8, 4) is 0 Å². The molecular formula is C13H14N4S. The van der Waals surface area contributed by atoms with Crippen LogP contribution in [0.1, 0.15) is 17.4 Å². The van der Waals surface area contributed by atoms with Gasteiger partial charge in [0.05, 0.1) is 6.04 Å². The fourth-order valence-corrected chi connectivity index (χ4v) is 3.09. The summed E-state index contributed by atoms with van der Waals surface area (Å²) in [6.07, 6.45) is 4.38. The van der Waals surface area contributed by atoms with Crippen LogP contribution in [0.25, 0.3) is 10.1 Å². The Hall–Kier alpha value is -1.69. The Morgan fingerprint density at radius 2 is 2.28 bits per heavy atom. The molecule has 0 spiro atoms. The van der Waals surface area contributed by atoms with E-state index in [2.05, 4.69) is 45.0 Å². The van der Waals surface area contributed by atoms with E-state index < -0.39 is 0 Å². The van der Waals surface area contributed by atoms with Gasteiger partial charge in [-0.2, -0.15) is 0 Å². The zero-order valence-electron chi connectivity index (χ0n) is 9.76. The van der Waals surface area contributed by atoms with Crippen molar-refractivity contribution in [1.82, 2.24) is 15.4 Å². The predicted octanol–water partition coefficient (Wildman–Crippen LogP) is 2.37. The first-order chi connectivity index (χ1) is 8.88. The summed E-state index contributed by atoms with van der Waals surface area (Å²) in [6.45, 7) is 0. The molecule has 0 radical (unpaired) electrons. The van der Waals surface area contributed by atoms with E-state index in [1.54, 1.807) is 17.5 Å². The number of hydrogen-bond acceptors (Lipinski definition) is 4. The zero-order chi connectivity index (χ0) is 12.4. The maximum Gasteiger partial charge on any atom is 0.124 e. The van der Waals surface area contributed by atoms with Crippen molar-refractivity contribution in [3.05, 3.63) is 53.4 Å². The van der Waals surface area contributed by atoms with E-state index >= 15 is 0 Å². The van der Waals surface area contributed by atoms with Crippen LogP contribution < -0.4 is 11.3 Å². The van der Waals surface area contributed by atoms with Gasteiger partial charge in [0.15, 0.2) is 0 Å². The Balaban J connectivity index is 1.91. The molecule has 0 amide bonds. The van der Waals surface area contributed by atoms with Crippen LogP contribution in [0.3, 0.4) is 0 Å². The van der Waals surface area contributed by atoms with Gasteiger partial charge < -0.3 is 4.98 Å². The summed E-state index contributed by atoms with van der Waals surface area (Å²) in [4.78, 5) is 7.35. The van der Waals surface area contributed by atoms with Gasteiger partial charge in [0, 0.05) is 17.1 Å². The lowest BCUT2D eigenvalue weighted by Crippen LogP contribution is -2.30. The van der Waals surface area contributed by atoms with Gasteiger partial charge in [0.1, 0.15) is 5.82 Å². The molecule has 1 atom stereocenters. The van der Waals surface area contributed by atoms with Gasteiger partial charge in [-0.25, -0.2) is 10.4 Å². The topological polar surface area (TPSA) is 66.7 Å². The highest BCUT2D eigenvalue weighted by Gasteiger charge is 2.15. The highest BCUT2D eigenvalue weighted by Crippen LogP contribution is 2.28. The van der Waals surface area contributed by atoms with Crippen LogP contribution in [0.2, 0.25) is 0 Å². The third-order valence-corrected chi connectivity index (χ3v) is 4.05. The molecule has 0 aliphatic heterocycles. The molecule has 4 N–H and O–H groups in total. The molecule has 3 rings (SSSR count).